The Bertz CT molecular complexity index is 514. The van der Waals surface area contributed by atoms with Gasteiger partial charge in [-0.1, -0.05) is 32.1 Å². The first-order valence-corrected chi connectivity index (χ1v) is 6.68. The van der Waals surface area contributed by atoms with E-state index in [1.807, 2.05) is 0 Å². The first kappa shape index (κ1) is 16.1. The van der Waals surface area contributed by atoms with Gasteiger partial charge in [-0.25, -0.2) is 0 Å². The largest absolute Gasteiger partial charge is 0.495 e. The van der Waals surface area contributed by atoms with Gasteiger partial charge in [-0.05, 0) is 24.1 Å². The maximum Gasteiger partial charge on any atom is 0.251 e. The Labute approximate surface area is 120 Å². The van der Waals surface area contributed by atoms with Gasteiger partial charge in [-0.2, -0.15) is 0 Å². The van der Waals surface area contributed by atoms with E-state index in [0.717, 1.165) is 6.42 Å². The molecule has 1 atom stereocenters. The summed E-state index contributed by atoms with van der Waals surface area (Å²) in [6.07, 6.45) is 1.02. The molecular weight excluding hydrogens is 254 g/mol. The number of aliphatic hydroxyl groups excluding tert-OH is 1. The van der Waals surface area contributed by atoms with Crippen LogP contribution >= 0.6 is 0 Å². The molecule has 4 nitrogen and oxygen atoms in total. The summed E-state index contributed by atoms with van der Waals surface area (Å²) in [5.74, 6) is 6.25. The van der Waals surface area contributed by atoms with Gasteiger partial charge >= 0.3 is 0 Å². The monoisotopic (exact) mass is 275 g/mol. The lowest BCUT2D eigenvalue weighted by Gasteiger charge is -2.11. The van der Waals surface area contributed by atoms with Crippen molar-refractivity contribution >= 4 is 5.91 Å². The first-order valence-electron chi connectivity index (χ1n) is 6.68. The van der Waals surface area contributed by atoms with Crippen LogP contribution in [0.5, 0.6) is 5.75 Å². The molecule has 1 amide bonds. The van der Waals surface area contributed by atoms with Crippen LogP contribution in [-0.4, -0.2) is 31.3 Å². The van der Waals surface area contributed by atoms with Gasteiger partial charge in [-0.3, -0.25) is 4.79 Å². The van der Waals surface area contributed by atoms with Crippen LogP contribution in [0.4, 0.5) is 0 Å². The highest BCUT2D eigenvalue weighted by Crippen LogP contribution is 2.18. The van der Waals surface area contributed by atoms with Crippen molar-refractivity contribution in [3.05, 3.63) is 29.3 Å². The second kappa shape index (κ2) is 8.23. The molecule has 0 fully saturated rings. The molecular formula is C16H21NO3. The molecule has 1 rings (SSSR count). The molecule has 1 unspecified atom stereocenters. The molecule has 2 N–H and O–H groups in total. The van der Waals surface area contributed by atoms with E-state index in [9.17, 15) is 4.79 Å². The number of nitrogens with one attached hydrogen (secondary N) is 1. The predicted octanol–water partition coefficient (Wildman–Crippen LogP) is 1.81. The summed E-state index contributed by atoms with van der Waals surface area (Å²) in [5.41, 5.74) is 1.13. The van der Waals surface area contributed by atoms with Gasteiger partial charge < -0.3 is 15.2 Å². The molecule has 0 saturated heterocycles. The topological polar surface area (TPSA) is 58.6 Å². The minimum Gasteiger partial charge on any atom is -0.495 e. The van der Waals surface area contributed by atoms with Crippen LogP contribution in [0.25, 0.3) is 0 Å². The molecule has 0 bridgehead atoms. The van der Waals surface area contributed by atoms with Crippen LogP contribution in [0.15, 0.2) is 18.2 Å². The zero-order valence-electron chi connectivity index (χ0n) is 12.2. The van der Waals surface area contributed by atoms with Crippen LogP contribution < -0.4 is 10.1 Å². The number of aliphatic hydroxyl groups is 1. The molecule has 0 aliphatic carbocycles. The van der Waals surface area contributed by atoms with Crippen molar-refractivity contribution in [1.82, 2.24) is 5.32 Å². The van der Waals surface area contributed by atoms with Crippen molar-refractivity contribution in [3.8, 4) is 17.6 Å². The van der Waals surface area contributed by atoms with Crippen LogP contribution in [0.1, 0.15) is 36.2 Å². The Hall–Kier alpha value is -1.99. The number of methoxy groups -OCH3 is 1. The van der Waals surface area contributed by atoms with Crippen molar-refractivity contribution in [1.29, 1.82) is 0 Å². The molecule has 1 aromatic rings. The summed E-state index contributed by atoms with van der Waals surface area (Å²) in [5, 5.41) is 11.6. The molecule has 0 heterocycles. The minimum absolute atomic E-state index is 0.125. The van der Waals surface area contributed by atoms with E-state index in [4.69, 9.17) is 9.84 Å². The molecule has 0 radical (unpaired) electrons. The SMILES string of the molecule is CCC(C)CNC(=O)c1ccc(OC)c(C#CCO)c1. The lowest BCUT2D eigenvalue weighted by atomic mass is 10.1. The van der Waals surface area contributed by atoms with E-state index in [1.165, 1.54) is 0 Å². The van der Waals surface area contributed by atoms with E-state index in [0.29, 0.717) is 29.3 Å². The van der Waals surface area contributed by atoms with Gasteiger partial charge in [0, 0.05) is 12.1 Å². The molecule has 108 valence electrons. The number of benzene rings is 1. The van der Waals surface area contributed by atoms with Crippen LogP contribution in [-0.2, 0) is 0 Å². The van der Waals surface area contributed by atoms with Crippen molar-refractivity contribution in [2.45, 2.75) is 20.3 Å². The normalized spacial score (nSPS) is 11.2. The summed E-state index contributed by atoms with van der Waals surface area (Å²) >= 11 is 0. The average molecular weight is 275 g/mol. The molecule has 20 heavy (non-hydrogen) atoms. The van der Waals surface area contributed by atoms with E-state index in [2.05, 4.69) is 31.0 Å². The fourth-order valence-corrected chi connectivity index (χ4v) is 1.59. The predicted molar refractivity (Wildman–Crippen MR) is 78.7 cm³/mol. The summed E-state index contributed by atoms with van der Waals surface area (Å²) in [6.45, 7) is 4.60. The van der Waals surface area contributed by atoms with Crippen molar-refractivity contribution in [2.75, 3.05) is 20.3 Å². The van der Waals surface area contributed by atoms with Gasteiger partial charge in [0.05, 0.1) is 12.7 Å². The molecule has 0 saturated carbocycles. The fourth-order valence-electron chi connectivity index (χ4n) is 1.59. The van der Waals surface area contributed by atoms with Gasteiger partial charge in [0.15, 0.2) is 0 Å². The molecule has 0 aromatic heterocycles. The van der Waals surface area contributed by atoms with Crippen molar-refractivity contribution in [3.63, 3.8) is 0 Å². The minimum atomic E-state index is -0.229. The van der Waals surface area contributed by atoms with Gasteiger partial charge in [0.1, 0.15) is 12.4 Å². The van der Waals surface area contributed by atoms with Gasteiger partial charge in [0.2, 0.25) is 0 Å². The number of hydrogen-bond donors (Lipinski definition) is 2. The zero-order chi connectivity index (χ0) is 15.0. The van der Waals surface area contributed by atoms with Crippen LogP contribution in [0.3, 0.4) is 0 Å². The number of carbonyl (C=O) groups is 1. The third-order valence-electron chi connectivity index (χ3n) is 3.07. The molecule has 0 aliphatic heterocycles. The first-order chi connectivity index (χ1) is 9.62. The van der Waals surface area contributed by atoms with Crippen LogP contribution in [0, 0.1) is 17.8 Å². The summed E-state index contributed by atoms with van der Waals surface area (Å²) in [6, 6.07) is 5.09. The standard InChI is InChI=1S/C16H21NO3/c1-4-12(2)11-17-16(19)14-7-8-15(20-3)13(10-14)6-5-9-18/h7-8,10,12,18H,4,9,11H2,1-3H3,(H,17,19). The second-order valence-corrected chi connectivity index (χ2v) is 4.60. The maximum absolute atomic E-state index is 12.0. The Balaban J connectivity index is 2.88. The number of ether oxygens (including phenoxy) is 1. The Kier molecular flexibility index (Phi) is 6.61. The van der Waals surface area contributed by atoms with Crippen molar-refractivity contribution in [2.24, 2.45) is 5.92 Å². The highest BCUT2D eigenvalue weighted by atomic mass is 16.5. The number of carbonyl (C=O) groups excluding carboxylic acids is 1. The number of amides is 1. The highest BCUT2D eigenvalue weighted by molar-refractivity contribution is 5.94. The van der Waals surface area contributed by atoms with Gasteiger partial charge in [0.25, 0.3) is 5.91 Å². The Morgan fingerprint density at radius 1 is 1.50 bits per heavy atom. The lowest BCUT2D eigenvalue weighted by Crippen LogP contribution is -2.28. The van der Waals surface area contributed by atoms with Crippen LogP contribution in [0.2, 0.25) is 0 Å². The molecule has 1 aromatic carbocycles. The molecule has 0 spiro atoms. The van der Waals surface area contributed by atoms with Gasteiger partial charge in [-0.15, -0.1) is 0 Å². The summed E-state index contributed by atoms with van der Waals surface area (Å²) in [7, 11) is 1.54. The quantitative estimate of drug-likeness (QED) is 0.806. The number of hydrogen-bond acceptors (Lipinski definition) is 3. The highest BCUT2D eigenvalue weighted by Gasteiger charge is 2.10. The molecule has 0 aliphatic rings. The van der Waals surface area contributed by atoms with E-state index in [-0.39, 0.29) is 12.5 Å². The third kappa shape index (κ3) is 4.60. The van der Waals surface area contributed by atoms with E-state index in [1.54, 1.807) is 25.3 Å². The molecule has 4 heteroatoms. The second-order valence-electron chi connectivity index (χ2n) is 4.60. The zero-order valence-corrected chi connectivity index (χ0v) is 12.2. The Morgan fingerprint density at radius 2 is 2.25 bits per heavy atom. The smallest absolute Gasteiger partial charge is 0.251 e. The van der Waals surface area contributed by atoms with E-state index >= 15 is 0 Å². The summed E-state index contributed by atoms with van der Waals surface area (Å²) < 4.78 is 5.18. The Morgan fingerprint density at radius 3 is 2.85 bits per heavy atom. The van der Waals surface area contributed by atoms with E-state index < -0.39 is 0 Å². The van der Waals surface area contributed by atoms with Crippen molar-refractivity contribution < 1.29 is 14.6 Å². The summed E-state index contributed by atoms with van der Waals surface area (Å²) in [4.78, 5) is 12.0. The average Bonchev–Trinajstić information content (AvgIpc) is 2.49. The lowest BCUT2D eigenvalue weighted by molar-refractivity contribution is 0.0948. The maximum atomic E-state index is 12.0. The third-order valence-corrected chi connectivity index (χ3v) is 3.07. The fraction of sp³-hybridized carbons (Fsp3) is 0.438. The number of rotatable bonds is 5.